The fourth-order valence-corrected chi connectivity index (χ4v) is 2.51. The van der Waals surface area contributed by atoms with Gasteiger partial charge in [-0.3, -0.25) is 14.6 Å². The summed E-state index contributed by atoms with van der Waals surface area (Å²) in [6.45, 7) is 1.90. The van der Waals surface area contributed by atoms with E-state index in [4.69, 9.17) is 16.2 Å². The number of fused-ring (bicyclic) bond motifs is 1. The van der Waals surface area contributed by atoms with Gasteiger partial charge in [-0.1, -0.05) is 18.2 Å². The number of hydrogen-bond acceptors (Lipinski definition) is 4. The molecule has 1 aromatic heterocycles. The first-order valence-electron chi connectivity index (χ1n) is 6.76. The van der Waals surface area contributed by atoms with Gasteiger partial charge in [-0.2, -0.15) is 0 Å². The van der Waals surface area contributed by atoms with E-state index in [1.165, 1.54) is 0 Å². The number of aromatic nitrogens is 1. The second kappa shape index (κ2) is 4.84. The second-order valence-electron chi connectivity index (χ2n) is 5.36. The van der Waals surface area contributed by atoms with Crippen molar-refractivity contribution in [1.82, 2.24) is 4.98 Å². The quantitative estimate of drug-likeness (QED) is 0.840. The van der Waals surface area contributed by atoms with Crippen molar-refractivity contribution < 1.29 is 14.3 Å². The molecule has 0 saturated heterocycles. The molecule has 6 nitrogen and oxygen atoms in total. The molecule has 0 aromatic carbocycles. The first-order valence-corrected chi connectivity index (χ1v) is 6.76. The minimum Gasteiger partial charge on any atom is -0.476 e. The molecule has 0 radical (unpaired) electrons. The highest BCUT2D eigenvalue weighted by Crippen LogP contribution is 2.37. The lowest BCUT2D eigenvalue weighted by Crippen LogP contribution is -2.40. The molecule has 1 aromatic rings. The van der Waals surface area contributed by atoms with Crippen molar-refractivity contribution in [2.45, 2.75) is 18.4 Å². The first kappa shape index (κ1) is 14.1. The molecule has 0 fully saturated rings. The molecule has 2 unspecified atom stereocenters. The Hall–Kier alpha value is -2.89. The first-order chi connectivity index (χ1) is 10.4. The zero-order valence-corrected chi connectivity index (χ0v) is 11.9. The van der Waals surface area contributed by atoms with E-state index in [9.17, 15) is 9.59 Å². The second-order valence-corrected chi connectivity index (χ2v) is 5.36. The Labute approximate surface area is 127 Å². The van der Waals surface area contributed by atoms with Crippen molar-refractivity contribution in [3.05, 3.63) is 65.2 Å². The summed E-state index contributed by atoms with van der Waals surface area (Å²) in [5.41, 5.74) is 11.8. The maximum Gasteiger partial charge on any atom is 0.262 e. The number of pyridine rings is 1. The van der Waals surface area contributed by atoms with E-state index in [0.29, 0.717) is 17.0 Å². The Bertz CT molecular complexity index is 746. The van der Waals surface area contributed by atoms with Crippen LogP contribution in [0, 0.1) is 6.92 Å². The minimum absolute atomic E-state index is 0.410. The lowest BCUT2D eigenvalue weighted by atomic mass is 9.78. The fraction of sp³-hybridized carbons (Fsp3) is 0.188. The van der Waals surface area contributed by atoms with E-state index in [1.54, 1.807) is 36.6 Å². The average Bonchev–Trinajstić information content (AvgIpc) is 2.90. The molecule has 4 N–H and O–H groups in total. The average molecular weight is 297 g/mol. The van der Waals surface area contributed by atoms with Gasteiger partial charge in [0, 0.05) is 11.8 Å². The molecule has 3 rings (SSSR count). The summed E-state index contributed by atoms with van der Waals surface area (Å²) in [6.07, 6.45) is 7.39. The van der Waals surface area contributed by atoms with Crippen molar-refractivity contribution >= 4 is 11.8 Å². The highest BCUT2D eigenvalue weighted by atomic mass is 16.5. The maximum absolute atomic E-state index is 12.1. The molecule has 2 amide bonds. The van der Waals surface area contributed by atoms with Gasteiger partial charge in [0.05, 0.1) is 5.69 Å². The van der Waals surface area contributed by atoms with Crippen LogP contribution in [0.15, 0.2) is 54.0 Å². The molecule has 2 aliphatic rings. The highest BCUT2D eigenvalue weighted by Gasteiger charge is 2.41. The van der Waals surface area contributed by atoms with Gasteiger partial charge in [-0.05, 0) is 30.7 Å². The Morgan fingerprint density at radius 3 is 2.68 bits per heavy atom. The van der Waals surface area contributed by atoms with Crippen LogP contribution in [0.1, 0.15) is 11.3 Å². The van der Waals surface area contributed by atoms with Gasteiger partial charge >= 0.3 is 0 Å². The number of allylic oxidation sites excluding steroid dienone is 1. The highest BCUT2D eigenvalue weighted by molar-refractivity contribution is 5.92. The third kappa shape index (κ3) is 2.09. The summed E-state index contributed by atoms with van der Waals surface area (Å²) in [7, 11) is 0. The fourth-order valence-electron chi connectivity index (χ4n) is 2.51. The number of carbonyl (C=O) groups excluding carboxylic acids is 2. The van der Waals surface area contributed by atoms with Gasteiger partial charge in [0.2, 0.25) is 5.91 Å². The smallest absolute Gasteiger partial charge is 0.262 e. The molecule has 0 spiro atoms. The summed E-state index contributed by atoms with van der Waals surface area (Å²) in [5, 5.41) is 0. The van der Waals surface area contributed by atoms with E-state index >= 15 is 0 Å². The van der Waals surface area contributed by atoms with Crippen LogP contribution in [-0.4, -0.2) is 22.9 Å². The van der Waals surface area contributed by atoms with Gasteiger partial charge in [-0.25, -0.2) is 0 Å². The molecule has 22 heavy (non-hydrogen) atoms. The number of amides is 2. The molecule has 2 heterocycles. The number of rotatable bonds is 3. The van der Waals surface area contributed by atoms with Gasteiger partial charge in [0.15, 0.2) is 6.10 Å². The molecule has 0 bridgehead atoms. The Morgan fingerprint density at radius 1 is 1.32 bits per heavy atom. The Kier molecular flexibility index (Phi) is 3.09. The number of hydrogen-bond donors (Lipinski definition) is 2. The van der Waals surface area contributed by atoms with E-state index in [0.717, 1.165) is 5.56 Å². The minimum atomic E-state index is -1.20. The lowest BCUT2D eigenvalue weighted by molar-refractivity contribution is -0.124. The number of primary amides is 2. The SMILES string of the molecule is Cc1ccc(C2(C(N)=O)C=CC3=CC(C(N)=O)OC3=C2)nc1. The van der Waals surface area contributed by atoms with Gasteiger partial charge in [0.1, 0.15) is 11.2 Å². The summed E-state index contributed by atoms with van der Waals surface area (Å²) in [4.78, 5) is 27.6. The Morgan fingerprint density at radius 2 is 2.09 bits per heavy atom. The van der Waals surface area contributed by atoms with E-state index in [-0.39, 0.29) is 0 Å². The normalized spacial score (nSPS) is 25.8. The van der Waals surface area contributed by atoms with E-state index in [1.807, 2.05) is 13.0 Å². The molecule has 2 atom stereocenters. The summed E-state index contributed by atoms with van der Waals surface area (Å²) in [6, 6.07) is 3.60. The zero-order chi connectivity index (χ0) is 15.9. The van der Waals surface area contributed by atoms with Crippen LogP contribution in [-0.2, 0) is 19.7 Å². The van der Waals surface area contributed by atoms with Crippen LogP contribution in [0.4, 0.5) is 0 Å². The predicted molar refractivity (Wildman–Crippen MR) is 79.2 cm³/mol. The number of ether oxygens (including phenoxy) is 1. The topological polar surface area (TPSA) is 108 Å². The third-order valence-corrected chi connectivity index (χ3v) is 3.78. The molecule has 0 saturated carbocycles. The van der Waals surface area contributed by atoms with Crippen molar-refractivity contribution in [1.29, 1.82) is 0 Å². The summed E-state index contributed by atoms with van der Waals surface area (Å²) >= 11 is 0. The van der Waals surface area contributed by atoms with Crippen molar-refractivity contribution in [3.63, 3.8) is 0 Å². The maximum atomic E-state index is 12.1. The van der Waals surface area contributed by atoms with Crippen LogP contribution < -0.4 is 11.5 Å². The molecular weight excluding hydrogens is 282 g/mol. The molecule has 112 valence electrons. The van der Waals surface area contributed by atoms with Crippen molar-refractivity contribution in [2.75, 3.05) is 0 Å². The molecule has 1 aliphatic carbocycles. The van der Waals surface area contributed by atoms with Crippen LogP contribution in [0.3, 0.4) is 0 Å². The van der Waals surface area contributed by atoms with Gasteiger partial charge in [-0.15, -0.1) is 0 Å². The van der Waals surface area contributed by atoms with Crippen LogP contribution in [0.25, 0.3) is 0 Å². The van der Waals surface area contributed by atoms with Crippen LogP contribution in [0.5, 0.6) is 0 Å². The van der Waals surface area contributed by atoms with Crippen LogP contribution >= 0.6 is 0 Å². The number of nitrogens with zero attached hydrogens (tertiary/aromatic N) is 1. The zero-order valence-electron chi connectivity index (χ0n) is 11.9. The number of aryl methyl sites for hydroxylation is 1. The van der Waals surface area contributed by atoms with Crippen molar-refractivity contribution in [3.8, 4) is 0 Å². The number of carbonyl (C=O) groups is 2. The lowest BCUT2D eigenvalue weighted by Gasteiger charge is -2.27. The van der Waals surface area contributed by atoms with Crippen molar-refractivity contribution in [2.24, 2.45) is 11.5 Å². The summed E-state index contributed by atoms with van der Waals surface area (Å²) in [5.74, 6) is -0.750. The van der Waals surface area contributed by atoms with Crippen LogP contribution in [0.2, 0.25) is 0 Å². The van der Waals surface area contributed by atoms with Gasteiger partial charge in [0.25, 0.3) is 5.91 Å². The predicted octanol–water partition coefficient (Wildman–Crippen LogP) is 0.377. The monoisotopic (exact) mass is 297 g/mol. The number of nitrogens with two attached hydrogens (primary N) is 2. The van der Waals surface area contributed by atoms with E-state index < -0.39 is 23.3 Å². The molecular formula is C16H15N3O3. The Balaban J connectivity index is 2.07. The standard InChI is InChI=1S/C16H15N3O3/c1-9-2-3-13(19-8-9)16(15(18)21)5-4-10-6-11(14(17)20)22-12(10)7-16/h2-8,11H,1H3,(H2,17,20)(H2,18,21). The van der Waals surface area contributed by atoms with Gasteiger partial charge < -0.3 is 16.2 Å². The largest absolute Gasteiger partial charge is 0.476 e. The third-order valence-electron chi connectivity index (χ3n) is 3.78. The molecule has 1 aliphatic heterocycles. The molecule has 6 heteroatoms. The summed E-state index contributed by atoms with van der Waals surface area (Å²) < 4.78 is 5.48. The van der Waals surface area contributed by atoms with E-state index in [2.05, 4.69) is 4.98 Å².